The van der Waals surface area contributed by atoms with E-state index in [4.69, 9.17) is 9.79 Å². The summed E-state index contributed by atoms with van der Waals surface area (Å²) in [7, 11) is -3.76. The van der Waals surface area contributed by atoms with Gasteiger partial charge in [-0.2, -0.15) is 0 Å². The van der Waals surface area contributed by atoms with Crippen molar-refractivity contribution in [2.75, 3.05) is 19.3 Å². The van der Waals surface area contributed by atoms with Crippen LogP contribution in [0.15, 0.2) is 0 Å². The Labute approximate surface area is 66.2 Å². The average Bonchev–Trinajstić information content (AvgIpc) is 1.85. The predicted molar refractivity (Wildman–Crippen MR) is 42.5 cm³/mol. The van der Waals surface area contributed by atoms with Crippen molar-refractivity contribution < 1.29 is 14.4 Å². The number of piperidine rings is 1. The number of hydrogen-bond donors (Lipinski definition) is 3. The van der Waals surface area contributed by atoms with Gasteiger partial charge in [-0.05, 0) is 31.8 Å². The third kappa shape index (κ3) is 3.87. The van der Waals surface area contributed by atoms with E-state index in [1.807, 2.05) is 0 Å². The lowest BCUT2D eigenvalue weighted by Gasteiger charge is -2.22. The molecule has 1 fully saturated rings. The smallest absolute Gasteiger partial charge is 0.324 e. The van der Waals surface area contributed by atoms with E-state index < -0.39 is 7.60 Å². The molecule has 0 spiro atoms. The van der Waals surface area contributed by atoms with Gasteiger partial charge in [-0.1, -0.05) is 0 Å². The summed E-state index contributed by atoms with van der Waals surface area (Å²) in [6.07, 6.45) is 1.85. The van der Waals surface area contributed by atoms with Crippen LogP contribution in [-0.2, 0) is 4.57 Å². The second-order valence-corrected chi connectivity index (χ2v) is 4.74. The van der Waals surface area contributed by atoms with Crippen LogP contribution in [0.5, 0.6) is 0 Å². The molecule has 4 nitrogen and oxygen atoms in total. The van der Waals surface area contributed by atoms with Crippen LogP contribution in [0.1, 0.15) is 12.8 Å². The Morgan fingerprint density at radius 1 is 1.36 bits per heavy atom. The van der Waals surface area contributed by atoms with Crippen molar-refractivity contribution in [2.45, 2.75) is 12.8 Å². The summed E-state index contributed by atoms with van der Waals surface area (Å²) in [4.78, 5) is 17.3. The van der Waals surface area contributed by atoms with Crippen LogP contribution in [0.3, 0.4) is 0 Å². The fourth-order valence-corrected chi connectivity index (χ4v) is 2.44. The molecule has 66 valence electrons. The first-order chi connectivity index (χ1) is 5.08. The van der Waals surface area contributed by atoms with E-state index in [-0.39, 0.29) is 12.1 Å². The molecule has 0 aromatic carbocycles. The molecule has 0 aromatic rings. The molecule has 0 radical (unpaired) electrons. The highest BCUT2D eigenvalue weighted by atomic mass is 31.2. The molecule has 0 unspecified atom stereocenters. The Hall–Kier alpha value is 0.110. The van der Waals surface area contributed by atoms with Crippen molar-refractivity contribution in [1.82, 2.24) is 5.32 Å². The maximum atomic E-state index is 10.6. The summed E-state index contributed by atoms with van der Waals surface area (Å²) >= 11 is 0. The number of nitrogens with one attached hydrogen (secondary N) is 1. The molecule has 11 heavy (non-hydrogen) atoms. The second-order valence-electron chi connectivity index (χ2n) is 3.04. The highest BCUT2D eigenvalue weighted by Gasteiger charge is 2.22. The number of rotatable bonds is 2. The Balaban J connectivity index is 2.30. The highest BCUT2D eigenvalue weighted by Crippen LogP contribution is 2.38. The first kappa shape index (κ1) is 9.20. The van der Waals surface area contributed by atoms with Crippen molar-refractivity contribution in [2.24, 2.45) is 5.92 Å². The van der Waals surface area contributed by atoms with Gasteiger partial charge in [0.05, 0.1) is 6.16 Å². The van der Waals surface area contributed by atoms with Gasteiger partial charge in [0.15, 0.2) is 0 Å². The lowest BCUT2D eigenvalue weighted by atomic mass is 10.0. The van der Waals surface area contributed by atoms with Crippen LogP contribution in [0.4, 0.5) is 0 Å². The zero-order chi connectivity index (χ0) is 8.32. The van der Waals surface area contributed by atoms with Gasteiger partial charge in [0.2, 0.25) is 0 Å². The van der Waals surface area contributed by atoms with Crippen LogP contribution in [0.25, 0.3) is 0 Å². The average molecular weight is 179 g/mol. The van der Waals surface area contributed by atoms with Gasteiger partial charge in [-0.15, -0.1) is 0 Å². The molecule has 1 rings (SSSR count). The van der Waals surface area contributed by atoms with E-state index in [2.05, 4.69) is 5.32 Å². The number of hydrogen-bond acceptors (Lipinski definition) is 2. The second kappa shape index (κ2) is 3.68. The first-order valence-electron chi connectivity index (χ1n) is 3.83. The van der Waals surface area contributed by atoms with E-state index in [0.717, 1.165) is 25.9 Å². The largest absolute Gasteiger partial charge is 0.325 e. The van der Waals surface area contributed by atoms with Crippen molar-refractivity contribution in [3.05, 3.63) is 0 Å². The molecule has 0 bridgehead atoms. The maximum absolute atomic E-state index is 10.6. The van der Waals surface area contributed by atoms with Gasteiger partial charge in [0.1, 0.15) is 0 Å². The molecule has 3 N–H and O–H groups in total. The third-order valence-corrected chi connectivity index (χ3v) is 2.95. The normalized spacial score (nSPS) is 22.0. The fraction of sp³-hybridized carbons (Fsp3) is 1.00. The summed E-state index contributed by atoms with van der Waals surface area (Å²) in [5, 5.41) is 3.15. The summed E-state index contributed by atoms with van der Waals surface area (Å²) < 4.78 is 10.6. The zero-order valence-electron chi connectivity index (χ0n) is 6.36. The Kier molecular flexibility index (Phi) is 3.07. The molecule has 5 heteroatoms. The third-order valence-electron chi connectivity index (χ3n) is 1.95. The van der Waals surface area contributed by atoms with Gasteiger partial charge in [-0.3, -0.25) is 4.57 Å². The van der Waals surface area contributed by atoms with Crippen LogP contribution in [0.2, 0.25) is 0 Å². The van der Waals surface area contributed by atoms with E-state index in [9.17, 15) is 4.57 Å². The lowest BCUT2D eigenvalue weighted by Crippen LogP contribution is -2.29. The Morgan fingerprint density at radius 3 is 2.36 bits per heavy atom. The van der Waals surface area contributed by atoms with Crippen molar-refractivity contribution >= 4 is 7.60 Å². The highest BCUT2D eigenvalue weighted by molar-refractivity contribution is 7.51. The van der Waals surface area contributed by atoms with Gasteiger partial charge < -0.3 is 15.1 Å². The summed E-state index contributed by atoms with van der Waals surface area (Å²) in [6, 6.07) is 0. The minimum Gasteiger partial charge on any atom is -0.324 e. The standard InChI is InChI=1S/C6H14NO3P/c8-11(9,10)5-6-1-3-7-4-2-6/h6-7H,1-5H2,(H2,8,9,10). The topological polar surface area (TPSA) is 69.6 Å². The molecule has 1 aliphatic heterocycles. The molecule has 0 atom stereocenters. The van der Waals surface area contributed by atoms with Crippen molar-refractivity contribution in [3.8, 4) is 0 Å². The van der Waals surface area contributed by atoms with Crippen molar-refractivity contribution in [3.63, 3.8) is 0 Å². The minimum absolute atomic E-state index is 0.0642. The Morgan fingerprint density at radius 2 is 1.91 bits per heavy atom. The first-order valence-corrected chi connectivity index (χ1v) is 5.63. The van der Waals surface area contributed by atoms with Crippen LogP contribution in [-0.4, -0.2) is 29.0 Å². The molecule has 0 aromatic heterocycles. The fourth-order valence-electron chi connectivity index (χ4n) is 1.40. The van der Waals surface area contributed by atoms with E-state index >= 15 is 0 Å². The molecule has 0 amide bonds. The van der Waals surface area contributed by atoms with Gasteiger partial charge >= 0.3 is 7.60 Å². The van der Waals surface area contributed by atoms with E-state index in [1.165, 1.54) is 0 Å². The molecular formula is C6H14NO3P. The quantitative estimate of drug-likeness (QED) is 0.528. The van der Waals surface area contributed by atoms with Crippen LogP contribution in [0, 0.1) is 5.92 Å². The monoisotopic (exact) mass is 179 g/mol. The molecule has 0 aliphatic carbocycles. The lowest BCUT2D eigenvalue weighted by molar-refractivity contribution is 0.338. The van der Waals surface area contributed by atoms with E-state index in [0.29, 0.717) is 0 Å². The van der Waals surface area contributed by atoms with Crippen molar-refractivity contribution in [1.29, 1.82) is 0 Å². The summed E-state index contributed by atoms with van der Waals surface area (Å²) in [5.74, 6) is 0.220. The predicted octanol–water partition coefficient (Wildman–Crippen LogP) is 0.164. The van der Waals surface area contributed by atoms with Gasteiger partial charge in [0.25, 0.3) is 0 Å². The van der Waals surface area contributed by atoms with Gasteiger partial charge in [0, 0.05) is 0 Å². The zero-order valence-corrected chi connectivity index (χ0v) is 7.26. The van der Waals surface area contributed by atoms with Crippen LogP contribution >= 0.6 is 7.60 Å². The van der Waals surface area contributed by atoms with Crippen LogP contribution < -0.4 is 5.32 Å². The minimum atomic E-state index is -3.76. The molecular weight excluding hydrogens is 165 g/mol. The summed E-state index contributed by atoms with van der Waals surface area (Å²) in [5.41, 5.74) is 0. The SMILES string of the molecule is O=P(O)(O)CC1CCNCC1. The summed E-state index contributed by atoms with van der Waals surface area (Å²) in [6.45, 7) is 1.79. The maximum Gasteiger partial charge on any atom is 0.325 e. The molecule has 0 saturated carbocycles. The molecule has 1 aliphatic rings. The van der Waals surface area contributed by atoms with Gasteiger partial charge in [-0.25, -0.2) is 0 Å². The molecule has 1 saturated heterocycles. The molecule has 1 heterocycles. The Bertz CT molecular complexity index is 161. The van der Waals surface area contributed by atoms with E-state index in [1.54, 1.807) is 0 Å².